The number of likely N-dealkylation sites (N-methyl/N-ethyl adjacent to an activating group) is 1. The molecule has 1 rings (SSSR count). The number of nitrogens with one attached hydrogen (secondary N) is 2. The third-order valence-corrected chi connectivity index (χ3v) is 4.63. The average molecular weight is 390 g/mol. The average Bonchev–Trinajstić information content (AvgIpc) is 2.92. The van der Waals surface area contributed by atoms with E-state index in [0.717, 1.165) is 17.9 Å². The van der Waals surface area contributed by atoms with E-state index in [1.807, 2.05) is 13.8 Å². The zero-order chi connectivity index (χ0) is 20.1. The highest BCUT2D eigenvalue weighted by atomic mass is 32.2. The van der Waals surface area contributed by atoms with Gasteiger partial charge in [-0.25, -0.2) is 0 Å². The van der Waals surface area contributed by atoms with Gasteiger partial charge in [0.05, 0.1) is 11.9 Å². The zero-order valence-electron chi connectivity index (χ0n) is 16.3. The molecule has 0 radical (unpaired) electrons. The molecule has 1 fully saturated rings. The molecule has 9 heteroatoms. The Morgan fingerprint density at radius 2 is 2.00 bits per heavy atom. The maximum absolute atomic E-state index is 11.7. The van der Waals surface area contributed by atoms with Gasteiger partial charge in [-0.05, 0) is 26.5 Å². The number of thioether (sulfide) groups is 1. The highest BCUT2D eigenvalue weighted by Crippen LogP contribution is 2.24. The van der Waals surface area contributed by atoms with Crippen molar-refractivity contribution in [1.82, 2.24) is 15.5 Å². The first-order valence-corrected chi connectivity index (χ1v) is 10.1. The van der Waals surface area contributed by atoms with Crippen LogP contribution in [0, 0.1) is 0 Å². The number of hydrogen-bond acceptors (Lipinski definition) is 6. The van der Waals surface area contributed by atoms with E-state index in [1.165, 1.54) is 18.8 Å². The minimum absolute atomic E-state index is 0.0836. The van der Waals surface area contributed by atoms with Crippen molar-refractivity contribution in [2.24, 2.45) is 0 Å². The number of likely N-dealkylation sites (tertiary alicyclic amines) is 1. The highest BCUT2D eigenvalue weighted by Gasteiger charge is 2.42. The van der Waals surface area contributed by atoms with E-state index in [-0.39, 0.29) is 35.3 Å². The summed E-state index contributed by atoms with van der Waals surface area (Å²) in [5.41, 5.74) is 0. The maximum Gasteiger partial charge on any atom is 0.243 e. The SMILES string of the molecule is CCCNC(=O)CCOCC.CNC(=O)C(C)N1C(=O)CC(SC)C1=O. The van der Waals surface area contributed by atoms with Gasteiger partial charge in [-0.15, -0.1) is 0 Å². The van der Waals surface area contributed by atoms with E-state index in [1.54, 1.807) is 13.2 Å². The van der Waals surface area contributed by atoms with E-state index in [9.17, 15) is 19.2 Å². The molecule has 1 saturated heterocycles. The molecule has 0 saturated carbocycles. The van der Waals surface area contributed by atoms with Crippen LogP contribution in [0.5, 0.6) is 0 Å². The Bertz CT molecular complexity index is 487. The van der Waals surface area contributed by atoms with Crippen LogP contribution in [0.25, 0.3) is 0 Å². The van der Waals surface area contributed by atoms with Gasteiger partial charge in [0.15, 0.2) is 0 Å². The lowest BCUT2D eigenvalue weighted by Gasteiger charge is -2.21. The second kappa shape index (κ2) is 13.6. The molecule has 1 heterocycles. The molecule has 2 unspecified atom stereocenters. The summed E-state index contributed by atoms with van der Waals surface area (Å²) in [4.78, 5) is 46.5. The van der Waals surface area contributed by atoms with Crippen molar-refractivity contribution in [3.8, 4) is 0 Å². The van der Waals surface area contributed by atoms with Crippen molar-refractivity contribution in [3.05, 3.63) is 0 Å². The van der Waals surface area contributed by atoms with Crippen molar-refractivity contribution >= 4 is 35.4 Å². The van der Waals surface area contributed by atoms with Crippen LogP contribution in [0.1, 0.15) is 40.0 Å². The summed E-state index contributed by atoms with van der Waals surface area (Å²) in [6.07, 6.45) is 3.44. The largest absolute Gasteiger partial charge is 0.381 e. The predicted molar refractivity (Wildman–Crippen MR) is 102 cm³/mol. The van der Waals surface area contributed by atoms with Gasteiger partial charge in [-0.1, -0.05) is 6.92 Å². The van der Waals surface area contributed by atoms with Crippen LogP contribution in [-0.2, 0) is 23.9 Å². The van der Waals surface area contributed by atoms with Crippen LogP contribution in [0.2, 0.25) is 0 Å². The van der Waals surface area contributed by atoms with Crippen LogP contribution in [-0.4, -0.2) is 72.9 Å². The van der Waals surface area contributed by atoms with Crippen molar-refractivity contribution in [3.63, 3.8) is 0 Å². The lowest BCUT2D eigenvalue weighted by molar-refractivity contribution is -0.145. The van der Waals surface area contributed by atoms with Gasteiger partial charge >= 0.3 is 0 Å². The molecule has 150 valence electrons. The van der Waals surface area contributed by atoms with Crippen LogP contribution < -0.4 is 10.6 Å². The molecule has 2 atom stereocenters. The third-order valence-electron chi connectivity index (χ3n) is 3.69. The van der Waals surface area contributed by atoms with E-state index in [0.29, 0.717) is 19.6 Å². The molecule has 2 N–H and O–H groups in total. The summed E-state index contributed by atoms with van der Waals surface area (Å²) >= 11 is 1.34. The van der Waals surface area contributed by atoms with Crippen molar-refractivity contribution in [2.75, 3.05) is 33.1 Å². The fraction of sp³-hybridized carbons (Fsp3) is 0.765. The maximum atomic E-state index is 11.7. The van der Waals surface area contributed by atoms with Gasteiger partial charge in [0.1, 0.15) is 6.04 Å². The summed E-state index contributed by atoms with van der Waals surface area (Å²) in [6, 6.07) is -0.716. The molecule has 1 aliphatic rings. The number of amides is 4. The van der Waals surface area contributed by atoms with Gasteiger partial charge in [0.25, 0.3) is 0 Å². The highest BCUT2D eigenvalue weighted by molar-refractivity contribution is 8.00. The second-order valence-corrected chi connectivity index (χ2v) is 6.66. The number of ether oxygens (including phenoxy) is 1. The number of carbonyl (C=O) groups excluding carboxylic acids is 4. The molecule has 4 amide bonds. The van der Waals surface area contributed by atoms with Gasteiger partial charge in [-0.2, -0.15) is 11.8 Å². The van der Waals surface area contributed by atoms with Crippen LogP contribution in [0.15, 0.2) is 0 Å². The smallest absolute Gasteiger partial charge is 0.243 e. The summed E-state index contributed by atoms with van der Waals surface area (Å²) in [7, 11) is 1.48. The quantitative estimate of drug-likeness (QED) is 0.441. The molecule has 0 bridgehead atoms. The molecule has 26 heavy (non-hydrogen) atoms. The molecule has 0 spiro atoms. The molecular formula is C17H31N3O5S. The van der Waals surface area contributed by atoms with Crippen molar-refractivity contribution < 1.29 is 23.9 Å². The van der Waals surface area contributed by atoms with Crippen LogP contribution in [0.3, 0.4) is 0 Å². The number of hydrogen-bond donors (Lipinski definition) is 2. The number of nitrogens with zero attached hydrogens (tertiary/aromatic N) is 1. The first kappa shape index (κ1) is 24.4. The Morgan fingerprint density at radius 3 is 2.46 bits per heavy atom. The topological polar surface area (TPSA) is 105 Å². The Morgan fingerprint density at radius 1 is 1.35 bits per heavy atom. The predicted octanol–water partition coefficient (Wildman–Crippen LogP) is 0.551. The van der Waals surface area contributed by atoms with Gasteiger partial charge in [0.2, 0.25) is 23.6 Å². The Kier molecular flexibility index (Phi) is 12.7. The lowest BCUT2D eigenvalue weighted by atomic mass is 10.3. The lowest BCUT2D eigenvalue weighted by Crippen LogP contribution is -2.47. The second-order valence-electron chi connectivity index (χ2n) is 5.62. The molecular weight excluding hydrogens is 358 g/mol. The number of imide groups is 1. The van der Waals surface area contributed by atoms with E-state index >= 15 is 0 Å². The normalized spacial score (nSPS) is 17.4. The van der Waals surface area contributed by atoms with E-state index < -0.39 is 6.04 Å². The van der Waals surface area contributed by atoms with Crippen molar-refractivity contribution in [1.29, 1.82) is 0 Å². The molecule has 8 nitrogen and oxygen atoms in total. The first-order valence-electron chi connectivity index (χ1n) is 8.78. The van der Waals surface area contributed by atoms with Crippen LogP contribution >= 0.6 is 11.8 Å². The monoisotopic (exact) mass is 389 g/mol. The fourth-order valence-electron chi connectivity index (χ4n) is 2.20. The molecule has 0 aliphatic carbocycles. The minimum atomic E-state index is -0.716. The van der Waals surface area contributed by atoms with E-state index in [2.05, 4.69) is 10.6 Å². The zero-order valence-corrected chi connectivity index (χ0v) is 17.1. The molecule has 0 aromatic heterocycles. The molecule has 0 aromatic carbocycles. The molecule has 0 aromatic rings. The summed E-state index contributed by atoms with van der Waals surface area (Å²) in [5.74, 6) is -0.766. The Labute approximate surface area is 159 Å². The minimum Gasteiger partial charge on any atom is -0.381 e. The molecule has 1 aliphatic heterocycles. The summed E-state index contributed by atoms with van der Waals surface area (Å²) in [6.45, 7) is 7.49. The van der Waals surface area contributed by atoms with Gasteiger partial charge in [-0.3, -0.25) is 24.1 Å². The Balaban J connectivity index is 0.000000508. The van der Waals surface area contributed by atoms with Gasteiger partial charge < -0.3 is 15.4 Å². The Hall–Kier alpha value is -1.61. The first-order chi connectivity index (χ1) is 12.3. The fourth-order valence-corrected chi connectivity index (χ4v) is 2.83. The van der Waals surface area contributed by atoms with Crippen molar-refractivity contribution in [2.45, 2.75) is 51.3 Å². The van der Waals surface area contributed by atoms with E-state index in [4.69, 9.17) is 4.74 Å². The van der Waals surface area contributed by atoms with Crippen LogP contribution in [0.4, 0.5) is 0 Å². The summed E-state index contributed by atoms with van der Waals surface area (Å²) < 4.78 is 5.02. The third kappa shape index (κ3) is 8.18. The number of carbonyl (C=O) groups is 4. The number of rotatable bonds is 9. The van der Waals surface area contributed by atoms with Gasteiger partial charge in [0, 0.05) is 33.0 Å². The summed E-state index contributed by atoms with van der Waals surface area (Å²) in [5, 5.41) is 4.87. The standard InChI is InChI=1S/C9H14N2O3S.C8H17NO2/c1-5(8(13)10-2)11-7(12)4-6(15-3)9(11)14;1-3-6-9-8(10)5-7-11-4-2/h5-6H,4H2,1-3H3,(H,10,13);3-7H2,1-2H3,(H,9,10).